The van der Waals surface area contributed by atoms with E-state index in [4.69, 9.17) is 4.42 Å². The summed E-state index contributed by atoms with van der Waals surface area (Å²) in [5.41, 5.74) is 0.801. The molecule has 0 radical (unpaired) electrons. The van der Waals surface area contributed by atoms with E-state index in [0.717, 1.165) is 17.1 Å². The summed E-state index contributed by atoms with van der Waals surface area (Å²) in [5.74, 6) is 0.362. The Morgan fingerprint density at radius 1 is 1.27 bits per heavy atom. The van der Waals surface area contributed by atoms with Crippen LogP contribution in [0.5, 0.6) is 0 Å². The van der Waals surface area contributed by atoms with Crippen molar-refractivity contribution in [2.45, 2.75) is 6.92 Å². The normalized spacial score (nSPS) is 11.0. The Balaban J connectivity index is 1.69. The second-order valence-corrected chi connectivity index (χ2v) is 6.37. The number of fused-ring (bicyclic) bond motifs is 1. The third-order valence-corrected chi connectivity index (χ3v) is 4.48. The van der Waals surface area contributed by atoms with Crippen molar-refractivity contribution in [3.63, 3.8) is 0 Å². The maximum absolute atomic E-state index is 12.7. The highest BCUT2D eigenvalue weighted by molar-refractivity contribution is 7.10. The summed E-state index contributed by atoms with van der Waals surface area (Å²) in [6, 6.07) is 9.45. The molecule has 130 valence electrons. The lowest BCUT2D eigenvalue weighted by Crippen LogP contribution is -2.20. The number of hydrogen-bond donors (Lipinski definition) is 1. The predicted octanol–water partition coefficient (Wildman–Crippen LogP) is 2.61. The maximum atomic E-state index is 12.7. The number of carbonyl (C=O) groups is 1. The Morgan fingerprint density at radius 2 is 2.04 bits per heavy atom. The molecule has 4 rings (SSSR count). The Morgan fingerprint density at radius 3 is 2.81 bits per heavy atom. The molecule has 0 fully saturated rings. The van der Waals surface area contributed by atoms with E-state index in [1.807, 2.05) is 30.3 Å². The molecule has 0 saturated carbocycles. The lowest BCUT2D eigenvalue weighted by atomic mass is 10.2. The first-order valence-electron chi connectivity index (χ1n) is 7.70. The van der Waals surface area contributed by atoms with Crippen LogP contribution in [0.15, 0.2) is 45.9 Å². The second-order valence-electron chi connectivity index (χ2n) is 5.62. The summed E-state index contributed by atoms with van der Waals surface area (Å²) >= 11 is 1.07. The molecule has 1 N–H and O–H groups in total. The van der Waals surface area contributed by atoms with Crippen LogP contribution in [-0.2, 0) is 7.05 Å². The molecule has 0 aliphatic rings. The van der Waals surface area contributed by atoms with Gasteiger partial charge in [0, 0.05) is 24.1 Å². The average Bonchev–Trinajstić information content (AvgIpc) is 3.23. The number of hydrogen-bond acceptors (Lipinski definition) is 7. The van der Waals surface area contributed by atoms with E-state index in [0.29, 0.717) is 16.7 Å². The largest absolute Gasteiger partial charge is 0.442 e. The van der Waals surface area contributed by atoms with E-state index in [2.05, 4.69) is 19.7 Å². The van der Waals surface area contributed by atoms with Gasteiger partial charge in [0.25, 0.3) is 11.5 Å². The first-order valence-corrected chi connectivity index (χ1v) is 8.47. The summed E-state index contributed by atoms with van der Waals surface area (Å²) in [7, 11) is 1.57. The topological polar surface area (TPSA) is 103 Å². The van der Waals surface area contributed by atoms with Crippen LogP contribution >= 0.6 is 11.5 Å². The van der Waals surface area contributed by atoms with Gasteiger partial charge in [0.1, 0.15) is 17.5 Å². The van der Waals surface area contributed by atoms with Crippen molar-refractivity contribution in [3.05, 3.63) is 58.3 Å². The van der Waals surface area contributed by atoms with Gasteiger partial charge in [-0.15, -0.1) is 0 Å². The minimum absolute atomic E-state index is 0.137. The van der Waals surface area contributed by atoms with Crippen LogP contribution in [0.3, 0.4) is 0 Å². The number of rotatable bonds is 3. The monoisotopic (exact) mass is 367 g/mol. The van der Waals surface area contributed by atoms with E-state index in [9.17, 15) is 9.59 Å². The Kier molecular flexibility index (Phi) is 3.85. The van der Waals surface area contributed by atoms with Gasteiger partial charge in [-0.2, -0.15) is 9.36 Å². The maximum Gasteiger partial charge on any atom is 0.265 e. The van der Waals surface area contributed by atoms with Gasteiger partial charge < -0.3 is 8.98 Å². The van der Waals surface area contributed by atoms with Crippen molar-refractivity contribution in [2.75, 3.05) is 5.32 Å². The van der Waals surface area contributed by atoms with Gasteiger partial charge in [-0.25, -0.2) is 4.98 Å². The number of nitrogens with zero attached hydrogens (tertiary/aromatic N) is 4. The fraction of sp³-hybridized carbons (Fsp3) is 0.118. The van der Waals surface area contributed by atoms with E-state index in [-0.39, 0.29) is 22.2 Å². The van der Waals surface area contributed by atoms with Gasteiger partial charge in [-0.05, 0) is 6.92 Å². The van der Waals surface area contributed by atoms with Crippen LogP contribution in [0.1, 0.15) is 16.1 Å². The molecule has 26 heavy (non-hydrogen) atoms. The van der Waals surface area contributed by atoms with Gasteiger partial charge in [0.2, 0.25) is 10.8 Å². The molecule has 0 spiro atoms. The van der Waals surface area contributed by atoms with E-state index < -0.39 is 5.91 Å². The lowest BCUT2D eigenvalue weighted by Gasteiger charge is -2.00. The van der Waals surface area contributed by atoms with Crippen LogP contribution in [0, 0.1) is 6.92 Å². The summed E-state index contributed by atoms with van der Waals surface area (Å²) in [4.78, 5) is 33.5. The van der Waals surface area contributed by atoms with Crippen molar-refractivity contribution in [2.24, 2.45) is 7.05 Å². The van der Waals surface area contributed by atoms with Crippen LogP contribution in [0.4, 0.5) is 5.13 Å². The highest BCUT2D eigenvalue weighted by Crippen LogP contribution is 2.24. The molecule has 0 unspecified atom stereocenters. The SMILES string of the molecule is Cc1oc2ncn(C)c(=O)c2c1C(=O)Nc1nc(-c2ccccc2)ns1. The van der Waals surface area contributed by atoms with Gasteiger partial charge in [0.05, 0.1) is 5.56 Å². The first-order chi connectivity index (χ1) is 12.5. The number of aromatic nitrogens is 4. The zero-order chi connectivity index (χ0) is 18.3. The summed E-state index contributed by atoms with van der Waals surface area (Å²) in [6.45, 7) is 1.62. The van der Waals surface area contributed by atoms with Crippen molar-refractivity contribution >= 4 is 33.7 Å². The van der Waals surface area contributed by atoms with Gasteiger partial charge in [0.15, 0.2) is 5.82 Å². The van der Waals surface area contributed by atoms with Crippen molar-refractivity contribution in [3.8, 4) is 11.4 Å². The van der Waals surface area contributed by atoms with Crippen molar-refractivity contribution < 1.29 is 9.21 Å². The zero-order valence-corrected chi connectivity index (χ0v) is 14.7. The van der Waals surface area contributed by atoms with Gasteiger partial charge in [-0.3, -0.25) is 14.9 Å². The fourth-order valence-corrected chi connectivity index (χ4v) is 3.18. The third kappa shape index (κ3) is 2.68. The number of amides is 1. The second kappa shape index (κ2) is 6.19. The lowest BCUT2D eigenvalue weighted by molar-refractivity contribution is 0.102. The minimum Gasteiger partial charge on any atom is -0.442 e. The summed E-state index contributed by atoms with van der Waals surface area (Å²) < 4.78 is 11.0. The minimum atomic E-state index is -0.484. The molecule has 8 nitrogen and oxygen atoms in total. The Bertz CT molecular complexity index is 1180. The third-order valence-electron chi connectivity index (χ3n) is 3.85. The van der Waals surface area contributed by atoms with Crippen molar-refractivity contribution in [1.29, 1.82) is 0 Å². The molecule has 9 heteroatoms. The standard InChI is InChI=1S/C17H13N5O3S/c1-9-11(12-15(25-9)18-8-22(2)16(12)24)14(23)20-17-19-13(21-26-17)10-6-4-3-5-7-10/h3-8H,1-2H3,(H,19,20,21,23). The summed E-state index contributed by atoms with van der Waals surface area (Å²) in [5, 5.41) is 3.17. The highest BCUT2D eigenvalue weighted by Gasteiger charge is 2.23. The fourth-order valence-electron chi connectivity index (χ4n) is 2.60. The average molecular weight is 367 g/mol. The quantitative estimate of drug-likeness (QED) is 0.597. The Hall–Kier alpha value is -3.33. The Labute approximate surface area is 151 Å². The predicted molar refractivity (Wildman–Crippen MR) is 97.3 cm³/mol. The molecule has 4 aromatic rings. The number of nitrogens with one attached hydrogen (secondary N) is 1. The molecule has 3 aromatic heterocycles. The molecule has 0 bridgehead atoms. The highest BCUT2D eigenvalue weighted by atomic mass is 32.1. The number of aryl methyl sites for hydroxylation is 2. The number of furan rings is 1. The van der Waals surface area contributed by atoms with Crippen LogP contribution < -0.4 is 10.9 Å². The molecular formula is C17H13N5O3S. The molecular weight excluding hydrogens is 354 g/mol. The number of carbonyl (C=O) groups excluding carboxylic acids is 1. The van der Waals surface area contributed by atoms with Crippen LogP contribution in [-0.4, -0.2) is 24.8 Å². The molecule has 1 amide bonds. The van der Waals surface area contributed by atoms with E-state index >= 15 is 0 Å². The smallest absolute Gasteiger partial charge is 0.265 e. The first kappa shape index (κ1) is 16.2. The number of anilines is 1. The van der Waals surface area contributed by atoms with Crippen LogP contribution in [0.25, 0.3) is 22.5 Å². The van der Waals surface area contributed by atoms with Crippen LogP contribution in [0.2, 0.25) is 0 Å². The van der Waals surface area contributed by atoms with E-state index in [1.165, 1.54) is 10.9 Å². The van der Waals surface area contributed by atoms with E-state index in [1.54, 1.807) is 14.0 Å². The van der Waals surface area contributed by atoms with Crippen molar-refractivity contribution in [1.82, 2.24) is 18.9 Å². The summed E-state index contributed by atoms with van der Waals surface area (Å²) in [6.07, 6.45) is 1.35. The number of benzene rings is 1. The van der Waals surface area contributed by atoms with Gasteiger partial charge >= 0.3 is 0 Å². The molecule has 0 aliphatic carbocycles. The molecule has 0 saturated heterocycles. The molecule has 1 aromatic carbocycles. The zero-order valence-electron chi connectivity index (χ0n) is 13.9. The molecule has 0 atom stereocenters. The molecule has 0 aliphatic heterocycles. The van der Waals surface area contributed by atoms with Gasteiger partial charge in [-0.1, -0.05) is 30.3 Å². The molecule has 3 heterocycles.